The molecule has 0 radical (unpaired) electrons. The highest BCUT2D eigenvalue weighted by molar-refractivity contribution is 6.16. The lowest BCUT2D eigenvalue weighted by molar-refractivity contribution is 0.591. The van der Waals surface area contributed by atoms with Crippen molar-refractivity contribution in [2.24, 2.45) is 5.92 Å². The van der Waals surface area contributed by atoms with Gasteiger partial charge >= 0.3 is 0 Å². The fraction of sp³-hybridized carbons (Fsp3) is 0.538. The number of rotatable bonds is 4. The third-order valence-electron chi connectivity index (χ3n) is 3.38. The summed E-state index contributed by atoms with van der Waals surface area (Å²) in [5.41, 5.74) is 3.09. The van der Waals surface area contributed by atoms with Gasteiger partial charge in [-0.25, -0.2) is 9.97 Å². The molecule has 4 heteroatoms. The summed E-state index contributed by atoms with van der Waals surface area (Å²) in [5.74, 6) is 2.32. The Hall–Kier alpha value is -1.09. The van der Waals surface area contributed by atoms with E-state index in [9.17, 15) is 0 Å². The van der Waals surface area contributed by atoms with Crippen molar-refractivity contribution >= 4 is 22.8 Å². The monoisotopic (exact) mass is 249 g/mol. The van der Waals surface area contributed by atoms with E-state index in [0.29, 0.717) is 5.88 Å². The Labute approximate surface area is 106 Å². The molecule has 2 heterocycles. The van der Waals surface area contributed by atoms with E-state index in [-0.39, 0.29) is 0 Å². The average Bonchev–Trinajstić information content (AvgIpc) is 3.08. The molecule has 0 aromatic carbocycles. The van der Waals surface area contributed by atoms with Crippen molar-refractivity contribution < 1.29 is 0 Å². The van der Waals surface area contributed by atoms with Gasteiger partial charge < -0.3 is 4.57 Å². The summed E-state index contributed by atoms with van der Waals surface area (Å²) in [6, 6.07) is 2.08. The lowest BCUT2D eigenvalue weighted by atomic mass is 10.3. The van der Waals surface area contributed by atoms with Crippen LogP contribution in [-0.2, 0) is 12.4 Å². The molecule has 0 atom stereocenters. The van der Waals surface area contributed by atoms with Gasteiger partial charge in [-0.05, 0) is 30.9 Å². The summed E-state index contributed by atoms with van der Waals surface area (Å²) in [7, 11) is 0. The smallest absolute Gasteiger partial charge is 0.160 e. The predicted molar refractivity (Wildman–Crippen MR) is 69.2 cm³/mol. The Morgan fingerprint density at radius 2 is 2.29 bits per heavy atom. The zero-order valence-electron chi connectivity index (χ0n) is 9.99. The third kappa shape index (κ3) is 2.16. The molecule has 0 unspecified atom stereocenters. The Morgan fingerprint density at radius 3 is 3.00 bits per heavy atom. The van der Waals surface area contributed by atoms with Crippen LogP contribution in [0.15, 0.2) is 12.3 Å². The summed E-state index contributed by atoms with van der Waals surface area (Å²) in [6.07, 6.45) is 5.89. The highest BCUT2D eigenvalue weighted by Crippen LogP contribution is 2.33. The van der Waals surface area contributed by atoms with E-state index >= 15 is 0 Å². The molecule has 0 aliphatic heterocycles. The molecule has 2 aromatic rings. The maximum absolute atomic E-state index is 5.96. The van der Waals surface area contributed by atoms with Crippen LogP contribution >= 0.6 is 11.6 Å². The van der Waals surface area contributed by atoms with Gasteiger partial charge in [0.1, 0.15) is 11.3 Å². The minimum absolute atomic E-state index is 0.458. The van der Waals surface area contributed by atoms with Crippen molar-refractivity contribution in [3.8, 4) is 0 Å². The van der Waals surface area contributed by atoms with E-state index in [2.05, 4.69) is 20.6 Å². The zero-order valence-corrected chi connectivity index (χ0v) is 10.7. The van der Waals surface area contributed by atoms with Gasteiger partial charge in [-0.1, -0.05) is 12.8 Å². The molecule has 0 amide bonds. The van der Waals surface area contributed by atoms with Gasteiger partial charge in [-0.2, -0.15) is 0 Å². The highest BCUT2D eigenvalue weighted by Gasteiger charge is 2.22. The van der Waals surface area contributed by atoms with Crippen molar-refractivity contribution in [3.63, 3.8) is 0 Å². The molecule has 3 rings (SSSR count). The van der Waals surface area contributed by atoms with E-state index in [0.717, 1.165) is 35.0 Å². The van der Waals surface area contributed by atoms with Crippen molar-refractivity contribution in [1.29, 1.82) is 0 Å². The largest absolute Gasteiger partial charge is 0.312 e. The van der Waals surface area contributed by atoms with Crippen LogP contribution in [-0.4, -0.2) is 14.5 Å². The van der Waals surface area contributed by atoms with E-state index in [1.54, 1.807) is 0 Å². The van der Waals surface area contributed by atoms with Crippen LogP contribution in [0.2, 0.25) is 0 Å². The first-order valence-electron chi connectivity index (χ1n) is 6.15. The number of alkyl halides is 1. The highest BCUT2D eigenvalue weighted by atomic mass is 35.5. The fourth-order valence-electron chi connectivity index (χ4n) is 2.21. The van der Waals surface area contributed by atoms with E-state index < -0.39 is 0 Å². The van der Waals surface area contributed by atoms with Gasteiger partial charge in [0.15, 0.2) is 5.65 Å². The quantitative estimate of drug-likeness (QED) is 0.779. The van der Waals surface area contributed by atoms with Gasteiger partial charge in [-0.3, -0.25) is 0 Å². The lowest BCUT2D eigenvalue weighted by Crippen LogP contribution is -2.04. The van der Waals surface area contributed by atoms with Crippen LogP contribution in [0, 0.1) is 12.8 Å². The van der Waals surface area contributed by atoms with Crippen molar-refractivity contribution in [1.82, 2.24) is 14.5 Å². The second kappa shape index (κ2) is 4.30. The Balaban J connectivity index is 1.99. The molecule has 90 valence electrons. The maximum Gasteiger partial charge on any atom is 0.160 e. The molecular weight excluding hydrogens is 234 g/mol. The Bertz CT molecular complexity index is 543. The molecule has 1 saturated carbocycles. The summed E-state index contributed by atoms with van der Waals surface area (Å²) in [6.45, 7) is 3.04. The Morgan fingerprint density at radius 1 is 1.47 bits per heavy atom. The molecule has 3 nitrogen and oxygen atoms in total. The molecule has 1 aliphatic carbocycles. The molecule has 0 N–H and O–H groups in total. The summed E-state index contributed by atoms with van der Waals surface area (Å²) < 4.78 is 2.18. The number of imidazole rings is 1. The minimum Gasteiger partial charge on any atom is -0.312 e. The number of halogens is 1. The minimum atomic E-state index is 0.458. The topological polar surface area (TPSA) is 30.7 Å². The van der Waals surface area contributed by atoms with Crippen molar-refractivity contribution in [2.75, 3.05) is 0 Å². The zero-order chi connectivity index (χ0) is 11.8. The summed E-state index contributed by atoms with van der Waals surface area (Å²) in [5, 5.41) is 0. The van der Waals surface area contributed by atoms with Crippen LogP contribution < -0.4 is 0 Å². The standard InChI is InChI=1S/C13H16ClN3/c1-9-6-11-13(15-8-9)17(12(7-14)16-11)5-4-10-2-3-10/h6,8,10H,2-5,7H2,1H3. The van der Waals surface area contributed by atoms with Crippen molar-refractivity contribution in [2.45, 2.75) is 38.6 Å². The summed E-state index contributed by atoms with van der Waals surface area (Å²) in [4.78, 5) is 9.05. The molecule has 0 bridgehead atoms. The van der Waals surface area contributed by atoms with Gasteiger partial charge in [0.25, 0.3) is 0 Å². The van der Waals surface area contributed by atoms with E-state index in [1.165, 1.54) is 19.3 Å². The van der Waals surface area contributed by atoms with Gasteiger partial charge in [0, 0.05) is 12.7 Å². The molecule has 1 aliphatic rings. The predicted octanol–water partition coefficient (Wildman–Crippen LogP) is 3.28. The van der Waals surface area contributed by atoms with Crippen LogP contribution in [0.4, 0.5) is 0 Å². The van der Waals surface area contributed by atoms with E-state index in [1.807, 2.05) is 13.1 Å². The number of hydrogen-bond donors (Lipinski definition) is 0. The number of aryl methyl sites for hydroxylation is 2. The van der Waals surface area contributed by atoms with Crippen LogP contribution in [0.25, 0.3) is 11.2 Å². The third-order valence-corrected chi connectivity index (χ3v) is 3.62. The second-order valence-electron chi connectivity index (χ2n) is 4.90. The fourth-order valence-corrected chi connectivity index (χ4v) is 2.42. The number of pyridine rings is 1. The average molecular weight is 250 g/mol. The first-order valence-corrected chi connectivity index (χ1v) is 6.69. The van der Waals surface area contributed by atoms with E-state index in [4.69, 9.17) is 11.6 Å². The molecular formula is C13H16ClN3. The van der Waals surface area contributed by atoms with Crippen molar-refractivity contribution in [3.05, 3.63) is 23.7 Å². The first-order chi connectivity index (χ1) is 8.28. The number of hydrogen-bond acceptors (Lipinski definition) is 2. The molecule has 2 aromatic heterocycles. The molecule has 17 heavy (non-hydrogen) atoms. The normalized spacial score (nSPS) is 15.6. The number of nitrogens with zero attached hydrogens (tertiary/aromatic N) is 3. The maximum atomic E-state index is 5.96. The van der Waals surface area contributed by atoms with Gasteiger partial charge in [0.05, 0.1) is 5.88 Å². The molecule has 1 fully saturated rings. The lowest BCUT2D eigenvalue weighted by Gasteiger charge is -2.05. The van der Waals surface area contributed by atoms with Crippen LogP contribution in [0.5, 0.6) is 0 Å². The van der Waals surface area contributed by atoms with Gasteiger partial charge in [0.2, 0.25) is 0 Å². The number of aromatic nitrogens is 3. The summed E-state index contributed by atoms with van der Waals surface area (Å²) >= 11 is 5.96. The van der Waals surface area contributed by atoms with Crippen LogP contribution in [0.1, 0.15) is 30.7 Å². The molecule has 0 spiro atoms. The van der Waals surface area contributed by atoms with Crippen LogP contribution in [0.3, 0.4) is 0 Å². The Kier molecular flexibility index (Phi) is 2.79. The second-order valence-corrected chi connectivity index (χ2v) is 5.17. The van der Waals surface area contributed by atoms with Gasteiger partial charge in [-0.15, -0.1) is 11.6 Å². The SMILES string of the molecule is Cc1cnc2c(c1)nc(CCl)n2CCC1CC1. The molecule has 0 saturated heterocycles. The first kappa shape index (κ1) is 11.0. The number of fused-ring (bicyclic) bond motifs is 1.